The summed E-state index contributed by atoms with van der Waals surface area (Å²) in [6.07, 6.45) is 4.19. The highest BCUT2D eigenvalue weighted by Gasteiger charge is 2.29. The van der Waals surface area contributed by atoms with Gasteiger partial charge in [0.2, 0.25) is 5.91 Å². The molecule has 5 nitrogen and oxygen atoms in total. The van der Waals surface area contributed by atoms with Crippen LogP contribution in [0.25, 0.3) is 0 Å². The van der Waals surface area contributed by atoms with E-state index in [1.165, 1.54) is 0 Å². The van der Waals surface area contributed by atoms with Gasteiger partial charge in [-0.1, -0.05) is 27.7 Å². The molecule has 0 saturated heterocycles. The van der Waals surface area contributed by atoms with Crippen LogP contribution in [0.1, 0.15) is 46.0 Å². The third kappa shape index (κ3) is 3.56. The zero-order chi connectivity index (χ0) is 13.1. The third-order valence-electron chi connectivity index (χ3n) is 2.79. The first kappa shape index (κ1) is 13.7. The van der Waals surface area contributed by atoms with Crippen LogP contribution in [0.2, 0.25) is 0 Å². The number of carbonyl (C=O) groups excluding carboxylic acids is 1. The normalized spacial score (nSPS) is 15.4. The van der Waals surface area contributed by atoms with Gasteiger partial charge in [-0.3, -0.25) is 4.79 Å². The number of H-pyrrole nitrogens is 1. The van der Waals surface area contributed by atoms with Crippen molar-refractivity contribution in [3.05, 3.63) is 18.2 Å². The molecule has 5 heteroatoms. The second-order valence-corrected chi connectivity index (χ2v) is 5.29. The lowest BCUT2D eigenvalue weighted by Gasteiger charge is -2.27. The summed E-state index contributed by atoms with van der Waals surface area (Å²) in [5, 5.41) is 2.92. The zero-order valence-electron chi connectivity index (χ0n) is 10.9. The van der Waals surface area contributed by atoms with Crippen LogP contribution < -0.4 is 11.1 Å². The quantitative estimate of drug-likeness (QED) is 0.740. The van der Waals surface area contributed by atoms with Crippen LogP contribution in [-0.2, 0) is 4.79 Å². The van der Waals surface area contributed by atoms with E-state index >= 15 is 0 Å². The monoisotopic (exact) mass is 238 g/mol. The summed E-state index contributed by atoms with van der Waals surface area (Å²) in [6.45, 7) is 7.84. The zero-order valence-corrected chi connectivity index (χ0v) is 10.9. The summed E-state index contributed by atoms with van der Waals surface area (Å²) in [7, 11) is 0. The van der Waals surface area contributed by atoms with E-state index in [9.17, 15) is 4.79 Å². The van der Waals surface area contributed by atoms with E-state index in [2.05, 4.69) is 15.3 Å². The van der Waals surface area contributed by atoms with Crippen LogP contribution in [0, 0.1) is 5.41 Å². The van der Waals surface area contributed by atoms with E-state index in [0.717, 1.165) is 12.2 Å². The number of carbonyl (C=O) groups is 1. The van der Waals surface area contributed by atoms with Gasteiger partial charge in [-0.2, -0.15) is 0 Å². The Labute approximate surface area is 102 Å². The Morgan fingerprint density at radius 2 is 2.24 bits per heavy atom. The largest absolute Gasteiger partial charge is 0.347 e. The van der Waals surface area contributed by atoms with E-state index in [1.54, 1.807) is 12.4 Å². The van der Waals surface area contributed by atoms with Crippen molar-refractivity contribution in [1.82, 2.24) is 15.3 Å². The summed E-state index contributed by atoms with van der Waals surface area (Å²) in [5.41, 5.74) is 5.66. The lowest BCUT2D eigenvalue weighted by molar-refractivity contribution is -0.125. The highest BCUT2D eigenvalue weighted by Crippen LogP contribution is 2.19. The molecule has 4 N–H and O–H groups in total. The minimum absolute atomic E-state index is 0.106. The number of aromatic nitrogens is 2. The molecule has 2 atom stereocenters. The molecular weight excluding hydrogens is 216 g/mol. The molecule has 1 amide bonds. The lowest BCUT2D eigenvalue weighted by Crippen LogP contribution is -2.49. The van der Waals surface area contributed by atoms with Crippen molar-refractivity contribution in [2.75, 3.05) is 0 Å². The highest BCUT2D eigenvalue weighted by atomic mass is 16.2. The number of rotatable bonds is 4. The number of hydrogen-bond acceptors (Lipinski definition) is 3. The molecule has 96 valence electrons. The summed E-state index contributed by atoms with van der Waals surface area (Å²) in [4.78, 5) is 19.1. The van der Waals surface area contributed by atoms with Gasteiger partial charge in [-0.05, 0) is 11.8 Å². The molecule has 1 aromatic heterocycles. The second kappa shape index (κ2) is 5.31. The molecule has 0 aliphatic carbocycles. The van der Waals surface area contributed by atoms with Crippen LogP contribution in [0.3, 0.4) is 0 Å². The molecule has 0 aliphatic rings. The molecule has 0 spiro atoms. The maximum Gasteiger partial charge on any atom is 0.238 e. The third-order valence-corrected chi connectivity index (χ3v) is 2.79. The smallest absolute Gasteiger partial charge is 0.238 e. The van der Waals surface area contributed by atoms with Gasteiger partial charge >= 0.3 is 0 Å². The predicted octanol–water partition coefficient (Wildman–Crippen LogP) is 1.35. The van der Waals surface area contributed by atoms with Gasteiger partial charge in [0.25, 0.3) is 0 Å². The van der Waals surface area contributed by atoms with Crippen molar-refractivity contribution in [3.8, 4) is 0 Å². The number of hydrogen-bond donors (Lipinski definition) is 3. The van der Waals surface area contributed by atoms with E-state index in [1.807, 2.05) is 27.7 Å². The first-order valence-electron chi connectivity index (χ1n) is 5.91. The molecule has 0 saturated carbocycles. The number of nitrogens with zero attached hydrogens (tertiary/aromatic N) is 1. The Hall–Kier alpha value is -1.36. The van der Waals surface area contributed by atoms with E-state index in [-0.39, 0.29) is 17.4 Å². The molecule has 0 bridgehead atoms. The van der Waals surface area contributed by atoms with Crippen molar-refractivity contribution < 1.29 is 4.79 Å². The maximum absolute atomic E-state index is 12.0. The van der Waals surface area contributed by atoms with Crippen molar-refractivity contribution in [2.45, 2.75) is 46.2 Å². The summed E-state index contributed by atoms with van der Waals surface area (Å²) >= 11 is 0. The fourth-order valence-corrected chi connectivity index (χ4v) is 1.49. The molecule has 1 aromatic rings. The van der Waals surface area contributed by atoms with Crippen LogP contribution in [0.15, 0.2) is 12.4 Å². The van der Waals surface area contributed by atoms with Crippen molar-refractivity contribution in [3.63, 3.8) is 0 Å². The highest BCUT2D eigenvalue weighted by molar-refractivity contribution is 5.82. The van der Waals surface area contributed by atoms with Gasteiger partial charge in [0, 0.05) is 12.4 Å². The minimum Gasteiger partial charge on any atom is -0.347 e. The second-order valence-electron chi connectivity index (χ2n) is 5.29. The Kier molecular flexibility index (Phi) is 4.28. The first-order valence-corrected chi connectivity index (χ1v) is 5.91. The maximum atomic E-state index is 12.0. The lowest BCUT2D eigenvalue weighted by atomic mass is 9.87. The fraction of sp³-hybridized carbons (Fsp3) is 0.667. The molecule has 0 radical (unpaired) electrons. The van der Waals surface area contributed by atoms with E-state index in [4.69, 9.17) is 5.73 Å². The predicted molar refractivity (Wildman–Crippen MR) is 67.2 cm³/mol. The fourth-order valence-electron chi connectivity index (χ4n) is 1.49. The average Bonchev–Trinajstić information content (AvgIpc) is 2.76. The van der Waals surface area contributed by atoms with E-state index in [0.29, 0.717) is 0 Å². The van der Waals surface area contributed by atoms with Gasteiger partial charge < -0.3 is 16.0 Å². The van der Waals surface area contributed by atoms with Gasteiger partial charge in [0.05, 0.1) is 12.1 Å². The molecule has 1 rings (SSSR count). The molecule has 0 aliphatic heterocycles. The van der Waals surface area contributed by atoms with Gasteiger partial charge in [0.1, 0.15) is 5.82 Å². The van der Waals surface area contributed by atoms with Crippen molar-refractivity contribution in [1.29, 1.82) is 0 Å². The van der Waals surface area contributed by atoms with Crippen molar-refractivity contribution in [2.24, 2.45) is 11.1 Å². The molecule has 0 fully saturated rings. The van der Waals surface area contributed by atoms with Crippen molar-refractivity contribution >= 4 is 5.91 Å². The van der Waals surface area contributed by atoms with Crippen LogP contribution in [-0.4, -0.2) is 21.9 Å². The number of aromatic amines is 1. The Balaban J connectivity index is 2.67. The number of imidazole rings is 1. The van der Waals surface area contributed by atoms with Crippen LogP contribution in [0.4, 0.5) is 0 Å². The summed E-state index contributed by atoms with van der Waals surface area (Å²) < 4.78 is 0. The number of amides is 1. The minimum atomic E-state index is -0.522. The molecular formula is C12H22N4O. The number of nitrogens with two attached hydrogens (primary N) is 1. The summed E-state index contributed by atoms with van der Waals surface area (Å²) in [5.74, 6) is 0.628. The SMILES string of the molecule is CCC(NC(=O)[C@H](N)C(C)(C)C)c1ncc[nH]1. The Bertz CT molecular complexity index is 353. The number of nitrogens with one attached hydrogen (secondary N) is 2. The van der Waals surface area contributed by atoms with Crippen LogP contribution in [0.5, 0.6) is 0 Å². The standard InChI is InChI=1S/C12H22N4O/c1-5-8(10-14-6-7-15-10)16-11(17)9(13)12(2,3)4/h6-9H,5,13H2,1-4H3,(H,14,15)(H,16,17)/t8?,9-/m0/s1. The molecule has 1 heterocycles. The van der Waals surface area contributed by atoms with Gasteiger partial charge in [0.15, 0.2) is 0 Å². The Morgan fingerprint density at radius 3 is 2.65 bits per heavy atom. The van der Waals surface area contributed by atoms with Crippen LogP contribution >= 0.6 is 0 Å². The summed E-state index contributed by atoms with van der Waals surface area (Å²) in [6, 6.07) is -0.627. The molecule has 17 heavy (non-hydrogen) atoms. The molecule has 0 aromatic carbocycles. The molecule has 1 unspecified atom stereocenters. The average molecular weight is 238 g/mol. The van der Waals surface area contributed by atoms with Gasteiger partial charge in [-0.25, -0.2) is 4.98 Å². The van der Waals surface area contributed by atoms with E-state index < -0.39 is 6.04 Å². The topological polar surface area (TPSA) is 83.8 Å². The first-order chi connectivity index (χ1) is 7.86. The Morgan fingerprint density at radius 1 is 1.59 bits per heavy atom. The van der Waals surface area contributed by atoms with Gasteiger partial charge in [-0.15, -0.1) is 0 Å².